The minimum absolute atomic E-state index is 0.878. The van der Waals surface area contributed by atoms with Crippen molar-refractivity contribution in [2.45, 2.75) is 45.4 Å². The highest BCUT2D eigenvalue weighted by Crippen LogP contribution is 2.02. The first-order valence-corrected chi connectivity index (χ1v) is 4.16. The third kappa shape index (κ3) is 5.80. The van der Waals surface area contributed by atoms with Gasteiger partial charge in [0.1, 0.15) is 0 Å². The number of nitrogens with one attached hydrogen (secondary N) is 1. The molecule has 0 spiro atoms. The summed E-state index contributed by atoms with van der Waals surface area (Å²) in [7, 11) is 0. The molecule has 0 saturated heterocycles. The van der Waals surface area contributed by atoms with E-state index in [4.69, 9.17) is 5.41 Å². The molecule has 1 radical (unpaired) electrons. The summed E-state index contributed by atoms with van der Waals surface area (Å²) in [5.41, 5.74) is 0.878. The van der Waals surface area contributed by atoms with Gasteiger partial charge in [0.15, 0.2) is 0 Å². The maximum Gasteiger partial charge on any atom is 0.00891 e. The van der Waals surface area contributed by atoms with Crippen molar-refractivity contribution in [2.24, 2.45) is 0 Å². The molecule has 0 rings (SSSR count). The van der Waals surface area contributed by atoms with E-state index in [0.29, 0.717) is 0 Å². The van der Waals surface area contributed by atoms with Gasteiger partial charge in [0, 0.05) is 5.71 Å². The highest BCUT2D eigenvalue weighted by atomic mass is 14.4. The predicted molar refractivity (Wildman–Crippen MR) is 46.5 cm³/mol. The number of hydrogen-bond acceptors (Lipinski definition) is 1. The molecule has 0 aromatic heterocycles. The molecule has 1 nitrogen and oxygen atoms in total. The molecule has 1 N–H and O–H groups in total. The zero-order valence-corrected chi connectivity index (χ0v) is 6.95. The quantitative estimate of drug-likeness (QED) is 0.433. The lowest BCUT2D eigenvalue weighted by atomic mass is 10.1. The van der Waals surface area contributed by atoms with Gasteiger partial charge in [-0.1, -0.05) is 26.7 Å². The maximum atomic E-state index is 7.43. The Balaban J connectivity index is 3.05. The van der Waals surface area contributed by atoms with Crippen LogP contribution in [0.2, 0.25) is 0 Å². The predicted octanol–water partition coefficient (Wildman–Crippen LogP) is 3.20. The minimum atomic E-state index is 0.878. The summed E-state index contributed by atoms with van der Waals surface area (Å²) in [6.45, 7) is 5.90. The highest BCUT2D eigenvalue weighted by Gasteiger charge is 1.93. The zero-order valence-electron chi connectivity index (χ0n) is 6.95. The normalized spacial score (nSPS) is 9.80. The molecular formula is C9H18N. The number of hydrogen-bond donors (Lipinski definition) is 1. The van der Waals surface area contributed by atoms with Crippen molar-refractivity contribution in [1.82, 2.24) is 0 Å². The van der Waals surface area contributed by atoms with Crippen molar-refractivity contribution < 1.29 is 0 Å². The Morgan fingerprint density at radius 3 is 2.50 bits per heavy atom. The van der Waals surface area contributed by atoms with Crippen LogP contribution in [0.4, 0.5) is 0 Å². The second-order valence-corrected chi connectivity index (χ2v) is 2.66. The summed E-state index contributed by atoms with van der Waals surface area (Å²) in [6.07, 6.45) is 6.46. The van der Waals surface area contributed by atoms with Crippen LogP contribution in [0.25, 0.3) is 0 Å². The fraction of sp³-hybridized carbons (Fsp3) is 0.778. The van der Waals surface area contributed by atoms with E-state index in [0.717, 1.165) is 25.0 Å². The third-order valence-electron chi connectivity index (χ3n) is 1.56. The van der Waals surface area contributed by atoms with Crippen molar-refractivity contribution in [3.05, 3.63) is 6.92 Å². The summed E-state index contributed by atoms with van der Waals surface area (Å²) >= 11 is 0. The molecule has 0 amide bonds. The van der Waals surface area contributed by atoms with Crippen LogP contribution in [-0.2, 0) is 0 Å². The third-order valence-corrected chi connectivity index (χ3v) is 1.56. The van der Waals surface area contributed by atoms with Crippen molar-refractivity contribution in [2.75, 3.05) is 0 Å². The van der Waals surface area contributed by atoms with Gasteiger partial charge in [0.05, 0.1) is 0 Å². The van der Waals surface area contributed by atoms with Gasteiger partial charge in [-0.3, -0.25) is 0 Å². The second-order valence-electron chi connectivity index (χ2n) is 2.66. The van der Waals surface area contributed by atoms with E-state index >= 15 is 0 Å². The molecule has 1 heteroatoms. The molecule has 0 saturated carbocycles. The first-order valence-electron chi connectivity index (χ1n) is 4.16. The smallest absolute Gasteiger partial charge is 0.00891 e. The van der Waals surface area contributed by atoms with Crippen molar-refractivity contribution in [3.63, 3.8) is 0 Å². The summed E-state index contributed by atoms with van der Waals surface area (Å²) in [6, 6.07) is 0. The van der Waals surface area contributed by atoms with Crippen LogP contribution in [0.3, 0.4) is 0 Å². The zero-order chi connectivity index (χ0) is 7.82. The lowest BCUT2D eigenvalue weighted by molar-refractivity contribution is 0.734. The van der Waals surface area contributed by atoms with E-state index in [9.17, 15) is 0 Å². The van der Waals surface area contributed by atoms with Gasteiger partial charge in [-0.05, 0) is 25.7 Å². The van der Waals surface area contributed by atoms with Gasteiger partial charge in [-0.2, -0.15) is 0 Å². The Bertz CT molecular complexity index is 86.7. The molecular weight excluding hydrogens is 122 g/mol. The Morgan fingerprint density at radius 1 is 1.30 bits per heavy atom. The lowest BCUT2D eigenvalue weighted by Gasteiger charge is -1.99. The van der Waals surface area contributed by atoms with Gasteiger partial charge in [-0.25, -0.2) is 0 Å². The first-order chi connectivity index (χ1) is 4.81. The van der Waals surface area contributed by atoms with Gasteiger partial charge < -0.3 is 5.41 Å². The molecule has 0 aliphatic carbocycles. The van der Waals surface area contributed by atoms with Gasteiger partial charge in [-0.15, -0.1) is 0 Å². The minimum Gasteiger partial charge on any atom is -0.310 e. The molecule has 0 atom stereocenters. The largest absolute Gasteiger partial charge is 0.310 e. The van der Waals surface area contributed by atoms with Crippen LogP contribution in [0.5, 0.6) is 0 Å². The molecule has 0 heterocycles. The van der Waals surface area contributed by atoms with Crippen LogP contribution < -0.4 is 0 Å². The van der Waals surface area contributed by atoms with Crippen LogP contribution in [-0.4, -0.2) is 5.71 Å². The van der Waals surface area contributed by atoms with E-state index in [2.05, 4.69) is 13.8 Å². The average molecular weight is 140 g/mol. The molecule has 0 unspecified atom stereocenters. The van der Waals surface area contributed by atoms with Crippen LogP contribution in [0, 0.1) is 12.3 Å². The van der Waals surface area contributed by atoms with E-state index in [1.54, 1.807) is 0 Å². The Hall–Kier alpha value is -0.330. The van der Waals surface area contributed by atoms with Gasteiger partial charge in [0.25, 0.3) is 0 Å². The van der Waals surface area contributed by atoms with Crippen LogP contribution in [0.1, 0.15) is 45.4 Å². The van der Waals surface area contributed by atoms with Crippen LogP contribution >= 0.6 is 0 Å². The fourth-order valence-corrected chi connectivity index (χ4v) is 0.927. The molecule has 0 bridgehead atoms. The highest BCUT2D eigenvalue weighted by molar-refractivity contribution is 5.81. The summed E-state index contributed by atoms with van der Waals surface area (Å²) in [5, 5.41) is 7.43. The monoisotopic (exact) mass is 140 g/mol. The summed E-state index contributed by atoms with van der Waals surface area (Å²) < 4.78 is 0. The van der Waals surface area contributed by atoms with E-state index in [1.807, 2.05) is 0 Å². The topological polar surface area (TPSA) is 23.9 Å². The van der Waals surface area contributed by atoms with Crippen LogP contribution in [0.15, 0.2) is 0 Å². The molecule has 0 fully saturated rings. The van der Waals surface area contributed by atoms with Crippen molar-refractivity contribution >= 4 is 5.71 Å². The van der Waals surface area contributed by atoms with Gasteiger partial charge >= 0.3 is 0 Å². The summed E-state index contributed by atoms with van der Waals surface area (Å²) in [4.78, 5) is 0. The standard InChI is InChI=1S/C9H18N/c1-3-5-6-8-9(10)7-4-2/h10H,2-8H2,1H3. The van der Waals surface area contributed by atoms with E-state index in [-0.39, 0.29) is 0 Å². The lowest BCUT2D eigenvalue weighted by Crippen LogP contribution is -1.94. The molecule has 10 heavy (non-hydrogen) atoms. The Morgan fingerprint density at radius 2 is 2.00 bits per heavy atom. The average Bonchev–Trinajstić information content (AvgIpc) is 1.89. The molecule has 0 aromatic carbocycles. The van der Waals surface area contributed by atoms with Gasteiger partial charge in [0.2, 0.25) is 0 Å². The molecule has 59 valence electrons. The van der Waals surface area contributed by atoms with Crippen molar-refractivity contribution in [3.8, 4) is 0 Å². The first kappa shape index (κ1) is 9.67. The molecule has 0 aliphatic rings. The Kier molecular flexibility index (Phi) is 6.56. The Labute approximate surface area is 64.3 Å². The number of unbranched alkanes of at least 4 members (excludes halogenated alkanes) is 2. The fourth-order valence-electron chi connectivity index (χ4n) is 0.927. The van der Waals surface area contributed by atoms with E-state index < -0.39 is 0 Å². The second kappa shape index (κ2) is 6.79. The molecule has 0 aromatic rings. The summed E-state index contributed by atoms with van der Waals surface area (Å²) in [5.74, 6) is 0. The molecule has 0 aliphatic heterocycles. The van der Waals surface area contributed by atoms with Crippen molar-refractivity contribution in [1.29, 1.82) is 5.41 Å². The number of rotatable bonds is 6. The van der Waals surface area contributed by atoms with E-state index in [1.165, 1.54) is 19.3 Å². The maximum absolute atomic E-state index is 7.43. The SMILES string of the molecule is [CH2]CCC(=N)CCCCC.